The molecule has 43 heteroatoms. The minimum atomic E-state index is -1.75. The van der Waals surface area contributed by atoms with E-state index in [1.54, 1.807) is 0 Å². The molecule has 0 bridgehead atoms. The van der Waals surface area contributed by atoms with E-state index >= 15 is 0 Å². The second kappa shape index (κ2) is 143. The van der Waals surface area contributed by atoms with Gasteiger partial charge in [-0.1, -0.05) is 0 Å². The zero-order valence-electron chi connectivity index (χ0n) is 18.3. The van der Waals surface area contributed by atoms with Crippen molar-refractivity contribution >= 4 is 0 Å². The summed E-state index contributed by atoms with van der Waals surface area (Å²) >= 11 is 0. The predicted molar refractivity (Wildman–Crippen MR) is 108 cm³/mol. The molecule has 0 heterocycles. The zero-order valence-corrected chi connectivity index (χ0v) is 20.3. The summed E-state index contributed by atoms with van der Waals surface area (Å²) in [7, 11) is 0. The summed E-state index contributed by atoms with van der Waals surface area (Å²) in [5.41, 5.74) is 0. The fourth-order valence-electron chi connectivity index (χ4n) is 0. The first kappa shape index (κ1) is 83.5. The summed E-state index contributed by atoms with van der Waals surface area (Å²) in [5, 5.41) is 136. The van der Waals surface area contributed by atoms with Crippen LogP contribution >= 0.6 is 0 Å². The molecule has 0 radical (unpaired) electrons. The zero-order chi connectivity index (χ0) is 37.7. The van der Waals surface area contributed by atoms with Crippen molar-refractivity contribution in [2.75, 3.05) is 0 Å². The molecule has 0 rings (SSSR count). The van der Waals surface area contributed by atoms with E-state index in [0.29, 0.717) is 0 Å². The molecule has 0 spiro atoms. The minimum Gasteiger partial charge on any atom is -0.379 e. The van der Waals surface area contributed by atoms with Gasteiger partial charge in [-0.05, 0) is 0 Å². The second-order valence-electron chi connectivity index (χ2n) is 1.83. The van der Waals surface area contributed by atoms with Gasteiger partial charge in [-0.15, -0.1) is 29.4 Å². The molecule has 0 saturated carbocycles. The molecular formula is H6MoN12O30. The van der Waals surface area contributed by atoms with E-state index in [1.807, 2.05) is 0 Å². The second-order valence-corrected chi connectivity index (χ2v) is 1.83. The largest absolute Gasteiger partial charge is 6.00 e. The van der Waals surface area contributed by atoms with Crippen LogP contribution in [0.15, 0.2) is 32.0 Å². The molecule has 252 valence electrons. The molecule has 0 fully saturated rings. The molecule has 43 heavy (non-hydrogen) atoms. The number of hydrogen-bond donors (Lipinski definition) is 6. The molecule has 0 aromatic rings. The van der Waals surface area contributed by atoms with Gasteiger partial charge in [0.05, 0.1) is 30.5 Å². The molecule has 0 aliphatic rings. The summed E-state index contributed by atoms with van der Waals surface area (Å²) in [6, 6.07) is 0. The van der Waals surface area contributed by atoms with Crippen molar-refractivity contribution in [2.45, 2.75) is 0 Å². The molecule has 6 N–H and O–H groups in total. The molecule has 0 saturated heterocycles. The maximum absolute atomic E-state index is 8.25. The summed E-state index contributed by atoms with van der Waals surface area (Å²) in [5.74, 6) is 0. The smallest absolute Gasteiger partial charge is 0.379 e. The molecule has 0 unspecified atom stereocenters. The average molecular weight is 750 g/mol. The Morgan fingerprint density at radius 3 is 0.279 bits per heavy atom. The molecule has 0 aliphatic heterocycles. The van der Waals surface area contributed by atoms with Gasteiger partial charge in [-0.2, -0.15) is 0 Å². The Bertz CT molecular complexity index is 465. The minimum absolute atomic E-state index is 0. The predicted octanol–water partition coefficient (Wildman–Crippen LogP) is -0.585. The van der Waals surface area contributed by atoms with E-state index in [0.717, 1.165) is 0 Å². The number of rotatable bonds is 0. The summed E-state index contributed by atoms with van der Waals surface area (Å²) in [6.07, 6.45) is 0. The Hall–Kier alpha value is -7.71. The summed E-state index contributed by atoms with van der Waals surface area (Å²) < 4.78 is 0. The van der Waals surface area contributed by atoms with Crippen LogP contribution in [0.3, 0.4) is 0 Å². The van der Waals surface area contributed by atoms with Crippen LogP contribution in [0.4, 0.5) is 0 Å². The van der Waals surface area contributed by atoms with Crippen molar-refractivity contribution in [3.8, 4) is 0 Å². The Labute approximate surface area is 237 Å². The van der Waals surface area contributed by atoms with Crippen LogP contribution in [0.1, 0.15) is 0 Å². The molecule has 0 amide bonds. The first-order valence-electron chi connectivity index (χ1n) is 5.58. The first-order valence-corrected chi connectivity index (χ1v) is 5.58. The first-order chi connectivity index (χ1) is 18.9. The third-order valence-corrected chi connectivity index (χ3v) is 0. The Kier molecular flexibility index (Phi) is 278. The third-order valence-electron chi connectivity index (χ3n) is 0. The Balaban J connectivity index is -0.0000000208. The molecule has 42 nitrogen and oxygen atoms in total. The van der Waals surface area contributed by atoms with Crippen molar-refractivity contribution in [3.63, 3.8) is 0 Å². The fourth-order valence-corrected chi connectivity index (χ4v) is 0. The van der Waals surface area contributed by atoms with Crippen LogP contribution < -0.4 is 0 Å². The van der Waals surface area contributed by atoms with Gasteiger partial charge in [0, 0.05) is 0 Å². The topological polar surface area (TPSA) is 695 Å². The maximum atomic E-state index is 8.25. The number of hydrogen-bond acceptors (Lipinski definition) is 30. The fraction of sp³-hybridized carbons (Fsp3) is 0. The SMILES string of the molecule is O=NO.O=NO.O=NO.O=NO.O=NO.O=NO.O=[N+]([O-])[O-].O=[N+]([O-])[O-].O=[N+]([O-])[O-].O=[N+]([O-])[O-].O=[N+]([O-])[O-].O=[N+]([O-])[O-].[Mo+6]. The summed E-state index contributed by atoms with van der Waals surface area (Å²) in [6.45, 7) is 0. The Morgan fingerprint density at radius 2 is 0.279 bits per heavy atom. The molecular weight excluding hydrogens is 744 g/mol. The van der Waals surface area contributed by atoms with Crippen LogP contribution in [-0.4, -0.2) is 61.8 Å². The van der Waals surface area contributed by atoms with Crippen molar-refractivity contribution in [1.82, 2.24) is 0 Å². The third kappa shape index (κ3) is 601. The van der Waals surface area contributed by atoms with Crippen LogP contribution in [0.2, 0.25) is 0 Å². The van der Waals surface area contributed by atoms with Gasteiger partial charge < -0.3 is 123 Å². The van der Waals surface area contributed by atoms with E-state index in [-0.39, 0.29) is 21.1 Å². The number of nitrogens with zero attached hydrogens (tertiary/aromatic N) is 12. The van der Waals surface area contributed by atoms with Gasteiger partial charge in [-0.25, -0.2) is 0 Å². The van der Waals surface area contributed by atoms with Gasteiger partial charge in [0.25, 0.3) is 0 Å². The molecule has 0 aromatic heterocycles. The van der Waals surface area contributed by atoms with E-state index in [9.17, 15) is 0 Å². The van der Waals surface area contributed by atoms with Gasteiger partial charge in [0.2, 0.25) is 0 Å². The van der Waals surface area contributed by atoms with Crippen LogP contribution in [-0.2, 0) is 21.1 Å². The standard InChI is InChI=1S/Mo.6NO3.6HNO2/c;6*2-1(3)4;6*2-1-3/h;;;;;;;6*(H,2,3)/q+6;6*-1;;;;;;. The van der Waals surface area contributed by atoms with Crippen LogP contribution in [0.25, 0.3) is 0 Å². The van der Waals surface area contributed by atoms with Gasteiger partial charge in [-0.3, -0.25) is 0 Å². The van der Waals surface area contributed by atoms with Gasteiger partial charge in [0.15, 0.2) is 32.0 Å². The van der Waals surface area contributed by atoms with Crippen LogP contribution in [0.5, 0.6) is 0 Å². The van der Waals surface area contributed by atoms with Gasteiger partial charge >= 0.3 is 21.1 Å². The Morgan fingerprint density at radius 1 is 0.279 bits per heavy atom. The maximum Gasteiger partial charge on any atom is 6.00 e. The van der Waals surface area contributed by atoms with Crippen LogP contribution in [0, 0.1) is 121 Å². The van der Waals surface area contributed by atoms with Gasteiger partial charge in [0.1, 0.15) is 0 Å². The van der Waals surface area contributed by atoms with Crippen molar-refractivity contribution in [3.05, 3.63) is 121 Å². The van der Waals surface area contributed by atoms with E-state index in [4.69, 9.17) is 153 Å². The van der Waals surface area contributed by atoms with E-state index < -0.39 is 30.5 Å². The van der Waals surface area contributed by atoms with E-state index in [1.165, 1.54) is 32.0 Å². The summed E-state index contributed by atoms with van der Waals surface area (Å²) in [4.78, 5) is 98.2. The monoisotopic (exact) mass is 752 g/mol. The van der Waals surface area contributed by atoms with Crippen molar-refractivity contribution in [1.29, 1.82) is 0 Å². The molecule has 0 aromatic carbocycles. The van der Waals surface area contributed by atoms with Crippen molar-refractivity contribution < 1.29 is 82.8 Å². The normalized spacial score (nSPS) is 5.02. The molecule has 0 aliphatic carbocycles. The molecule has 0 atom stereocenters. The van der Waals surface area contributed by atoms with Crippen molar-refractivity contribution in [2.24, 2.45) is 32.0 Å². The quantitative estimate of drug-likeness (QED) is 0.0780. The average Bonchev–Trinajstić information content (AvgIpc) is 2.68. The van der Waals surface area contributed by atoms with E-state index in [2.05, 4.69) is 0 Å².